The normalized spacial score (nSPS) is 14.1. The lowest BCUT2D eigenvalue weighted by Gasteiger charge is -2.20. The molecule has 18 heavy (non-hydrogen) atoms. The van der Waals surface area contributed by atoms with E-state index in [1.807, 2.05) is 26.8 Å². The molecule has 1 heterocycles. The number of aryl methyl sites for hydroxylation is 1. The fraction of sp³-hybridized carbons (Fsp3) is 0.538. The molecule has 0 saturated heterocycles. The fourth-order valence-electron chi connectivity index (χ4n) is 1.62. The van der Waals surface area contributed by atoms with E-state index in [0.717, 1.165) is 16.5 Å². The van der Waals surface area contributed by atoms with Crippen molar-refractivity contribution >= 4 is 27.7 Å². The van der Waals surface area contributed by atoms with Crippen molar-refractivity contribution in [2.45, 2.75) is 33.3 Å². The lowest BCUT2D eigenvalue weighted by Crippen LogP contribution is -2.35. The first-order chi connectivity index (χ1) is 8.49. The second kappa shape index (κ2) is 6.85. The van der Waals surface area contributed by atoms with E-state index in [9.17, 15) is 4.79 Å². The largest absolute Gasteiger partial charge is 0.371 e. The molecular weight excluding hydrogens is 296 g/mol. The molecule has 0 aliphatic rings. The molecule has 1 aromatic heterocycles. The van der Waals surface area contributed by atoms with Gasteiger partial charge in [-0.15, -0.1) is 0 Å². The number of amides is 1. The highest BCUT2D eigenvalue weighted by atomic mass is 79.9. The molecule has 2 unspecified atom stereocenters. The van der Waals surface area contributed by atoms with Crippen LogP contribution in [-0.4, -0.2) is 24.1 Å². The maximum absolute atomic E-state index is 12.1. The zero-order chi connectivity index (χ0) is 13.7. The SMILES string of the molecule is CCC(C)C(OC)C(=O)Nc1cc(C)c(Br)cn1. The van der Waals surface area contributed by atoms with Gasteiger partial charge in [0.15, 0.2) is 0 Å². The number of pyridine rings is 1. The zero-order valence-electron chi connectivity index (χ0n) is 11.2. The van der Waals surface area contributed by atoms with E-state index < -0.39 is 6.10 Å². The number of halogens is 1. The summed E-state index contributed by atoms with van der Waals surface area (Å²) in [5, 5.41) is 2.78. The lowest BCUT2D eigenvalue weighted by molar-refractivity contribution is -0.128. The van der Waals surface area contributed by atoms with Gasteiger partial charge in [-0.1, -0.05) is 20.3 Å². The Labute approximate surface area is 116 Å². The summed E-state index contributed by atoms with van der Waals surface area (Å²) in [4.78, 5) is 16.2. The Kier molecular flexibility index (Phi) is 5.75. The molecule has 0 radical (unpaired) electrons. The Morgan fingerprint density at radius 1 is 1.61 bits per heavy atom. The standard InChI is InChI=1S/C13H19BrN2O2/c1-5-8(2)12(18-4)13(17)16-11-6-9(3)10(14)7-15-11/h6-8,12H,5H2,1-4H3,(H,15,16,17). The molecule has 1 aromatic rings. The van der Waals surface area contributed by atoms with Crippen LogP contribution in [0.3, 0.4) is 0 Å². The van der Waals surface area contributed by atoms with Gasteiger partial charge in [-0.25, -0.2) is 4.98 Å². The van der Waals surface area contributed by atoms with Crippen LogP contribution < -0.4 is 5.32 Å². The third-order valence-electron chi connectivity index (χ3n) is 2.97. The summed E-state index contributed by atoms with van der Waals surface area (Å²) >= 11 is 3.37. The van der Waals surface area contributed by atoms with Crippen molar-refractivity contribution in [3.8, 4) is 0 Å². The Morgan fingerprint density at radius 2 is 2.28 bits per heavy atom. The maximum Gasteiger partial charge on any atom is 0.254 e. The Hall–Kier alpha value is -0.940. The molecule has 4 nitrogen and oxygen atoms in total. The molecule has 1 N–H and O–H groups in total. The number of nitrogens with one attached hydrogen (secondary N) is 1. The predicted molar refractivity (Wildman–Crippen MR) is 75.6 cm³/mol. The summed E-state index contributed by atoms with van der Waals surface area (Å²) in [6.45, 7) is 5.98. The molecule has 0 saturated carbocycles. The van der Waals surface area contributed by atoms with Gasteiger partial charge >= 0.3 is 0 Å². The summed E-state index contributed by atoms with van der Waals surface area (Å²) in [7, 11) is 1.55. The number of carbonyl (C=O) groups is 1. The Bertz CT molecular complexity index is 423. The van der Waals surface area contributed by atoms with Gasteiger partial charge in [0.1, 0.15) is 11.9 Å². The summed E-state index contributed by atoms with van der Waals surface area (Å²) in [6, 6.07) is 1.82. The number of nitrogens with zero attached hydrogens (tertiary/aromatic N) is 1. The molecule has 0 aliphatic heterocycles. The second-order valence-corrected chi connectivity index (χ2v) is 5.20. The molecular formula is C13H19BrN2O2. The van der Waals surface area contributed by atoms with Crippen molar-refractivity contribution in [1.29, 1.82) is 0 Å². The average molecular weight is 315 g/mol. The van der Waals surface area contributed by atoms with Gasteiger partial charge in [0, 0.05) is 17.8 Å². The van der Waals surface area contributed by atoms with Crippen molar-refractivity contribution in [2.24, 2.45) is 5.92 Å². The number of hydrogen-bond donors (Lipinski definition) is 1. The van der Waals surface area contributed by atoms with Crippen molar-refractivity contribution in [2.75, 3.05) is 12.4 Å². The number of hydrogen-bond acceptors (Lipinski definition) is 3. The van der Waals surface area contributed by atoms with E-state index in [1.54, 1.807) is 13.3 Å². The minimum atomic E-state index is -0.444. The van der Waals surface area contributed by atoms with Crippen LogP contribution in [0.25, 0.3) is 0 Å². The molecule has 5 heteroatoms. The van der Waals surface area contributed by atoms with Crippen LogP contribution in [0.15, 0.2) is 16.7 Å². The van der Waals surface area contributed by atoms with E-state index in [0.29, 0.717) is 5.82 Å². The summed E-state index contributed by atoms with van der Waals surface area (Å²) in [5.41, 5.74) is 1.03. The monoisotopic (exact) mass is 314 g/mol. The number of methoxy groups -OCH3 is 1. The molecule has 100 valence electrons. The van der Waals surface area contributed by atoms with Gasteiger partial charge in [0.25, 0.3) is 5.91 Å². The quantitative estimate of drug-likeness (QED) is 0.908. The molecule has 0 aliphatic carbocycles. The van der Waals surface area contributed by atoms with Crippen molar-refractivity contribution in [3.05, 3.63) is 22.3 Å². The summed E-state index contributed by atoms with van der Waals surface area (Å²) in [5.74, 6) is 0.568. The van der Waals surface area contributed by atoms with Gasteiger partial charge in [-0.3, -0.25) is 4.79 Å². The van der Waals surface area contributed by atoms with Crippen molar-refractivity contribution in [3.63, 3.8) is 0 Å². The topological polar surface area (TPSA) is 51.2 Å². The van der Waals surface area contributed by atoms with Crippen LogP contribution in [0.4, 0.5) is 5.82 Å². The fourth-order valence-corrected chi connectivity index (χ4v) is 1.83. The molecule has 0 fully saturated rings. The van der Waals surface area contributed by atoms with E-state index >= 15 is 0 Å². The van der Waals surface area contributed by atoms with Gasteiger partial charge in [-0.2, -0.15) is 0 Å². The average Bonchev–Trinajstić information content (AvgIpc) is 2.34. The van der Waals surface area contributed by atoms with Gasteiger partial charge in [-0.05, 0) is 40.4 Å². The number of carbonyl (C=O) groups excluding carboxylic acids is 1. The molecule has 0 aromatic carbocycles. The van der Waals surface area contributed by atoms with Crippen molar-refractivity contribution < 1.29 is 9.53 Å². The molecule has 1 amide bonds. The predicted octanol–water partition coefficient (Wildman–Crippen LogP) is 3.15. The highest BCUT2D eigenvalue weighted by molar-refractivity contribution is 9.10. The van der Waals surface area contributed by atoms with Crippen LogP contribution in [0.2, 0.25) is 0 Å². The molecule has 0 spiro atoms. The van der Waals surface area contributed by atoms with Gasteiger partial charge in [0.05, 0.1) is 0 Å². The Balaban J connectivity index is 2.76. The molecule has 0 bridgehead atoms. The highest BCUT2D eigenvalue weighted by Crippen LogP contribution is 2.18. The first kappa shape index (κ1) is 15.1. The van der Waals surface area contributed by atoms with E-state index in [1.165, 1.54) is 0 Å². The number of aromatic nitrogens is 1. The Morgan fingerprint density at radius 3 is 2.78 bits per heavy atom. The zero-order valence-corrected chi connectivity index (χ0v) is 12.7. The number of anilines is 1. The van der Waals surface area contributed by atoms with Crippen LogP contribution in [-0.2, 0) is 9.53 Å². The van der Waals surface area contributed by atoms with E-state index in [4.69, 9.17) is 4.74 Å². The van der Waals surface area contributed by atoms with Gasteiger partial charge < -0.3 is 10.1 Å². The minimum absolute atomic E-state index is 0.152. The molecule has 2 atom stereocenters. The minimum Gasteiger partial charge on any atom is -0.371 e. The van der Waals surface area contributed by atoms with E-state index in [-0.39, 0.29) is 11.8 Å². The van der Waals surface area contributed by atoms with E-state index in [2.05, 4.69) is 26.2 Å². The second-order valence-electron chi connectivity index (χ2n) is 4.35. The summed E-state index contributed by atoms with van der Waals surface area (Å²) in [6.07, 6.45) is 2.12. The lowest BCUT2D eigenvalue weighted by atomic mass is 10.0. The van der Waals surface area contributed by atoms with Crippen molar-refractivity contribution in [1.82, 2.24) is 4.98 Å². The van der Waals surface area contributed by atoms with Crippen LogP contribution in [0.1, 0.15) is 25.8 Å². The van der Waals surface area contributed by atoms with Gasteiger partial charge in [0.2, 0.25) is 0 Å². The highest BCUT2D eigenvalue weighted by Gasteiger charge is 2.23. The third-order valence-corrected chi connectivity index (χ3v) is 3.80. The number of rotatable bonds is 5. The van der Waals surface area contributed by atoms with Crippen LogP contribution in [0, 0.1) is 12.8 Å². The first-order valence-corrected chi connectivity index (χ1v) is 6.74. The van der Waals surface area contributed by atoms with Crippen LogP contribution >= 0.6 is 15.9 Å². The van der Waals surface area contributed by atoms with Crippen LogP contribution in [0.5, 0.6) is 0 Å². The first-order valence-electron chi connectivity index (χ1n) is 5.95. The maximum atomic E-state index is 12.1. The third kappa shape index (κ3) is 3.78. The summed E-state index contributed by atoms with van der Waals surface area (Å²) < 4.78 is 6.16. The smallest absolute Gasteiger partial charge is 0.254 e. The number of ether oxygens (including phenoxy) is 1. The molecule has 1 rings (SSSR count).